The molecule has 7 nitrogen and oxygen atoms in total. The molecule has 0 saturated carbocycles. The number of anilines is 1. The van der Waals surface area contributed by atoms with Gasteiger partial charge in [-0.25, -0.2) is 13.4 Å². The van der Waals surface area contributed by atoms with Crippen molar-refractivity contribution in [1.82, 2.24) is 4.98 Å². The minimum Gasteiger partial charge on any atom is -0.489 e. The first kappa shape index (κ1) is 23.7. The Balaban J connectivity index is 1.22. The van der Waals surface area contributed by atoms with Gasteiger partial charge in [0.2, 0.25) is 15.9 Å². The zero-order valence-corrected chi connectivity index (χ0v) is 20.6. The van der Waals surface area contributed by atoms with Crippen molar-refractivity contribution in [3.8, 4) is 23.1 Å². The lowest BCUT2D eigenvalue weighted by Crippen LogP contribution is -2.15. The molecule has 1 aromatic heterocycles. The summed E-state index contributed by atoms with van der Waals surface area (Å²) < 4.78 is 43.2. The van der Waals surface area contributed by atoms with Crippen molar-refractivity contribution in [2.45, 2.75) is 25.6 Å². The SMILES string of the molecule is CS(=O)(=O)Nc1ccc(Oc2ccc3c(c2)CCC(c2cccc(OCc4ccccc4)c2)O3)nc1. The number of fused-ring (bicyclic) bond motifs is 1. The van der Waals surface area contributed by atoms with Gasteiger partial charge < -0.3 is 14.2 Å². The molecule has 1 unspecified atom stereocenters. The Bertz CT molecular complexity index is 1440. The van der Waals surface area contributed by atoms with Gasteiger partial charge in [-0.1, -0.05) is 42.5 Å². The smallest absolute Gasteiger partial charge is 0.229 e. The molecule has 0 fully saturated rings. The fourth-order valence-electron chi connectivity index (χ4n) is 4.04. The summed E-state index contributed by atoms with van der Waals surface area (Å²) in [5, 5.41) is 0. The van der Waals surface area contributed by atoms with E-state index in [1.807, 2.05) is 66.7 Å². The van der Waals surface area contributed by atoms with Crippen LogP contribution in [0.15, 0.2) is 91.1 Å². The Morgan fingerprint density at radius 2 is 1.83 bits per heavy atom. The van der Waals surface area contributed by atoms with Gasteiger partial charge in [-0.3, -0.25) is 4.72 Å². The number of sulfonamides is 1. The zero-order chi connectivity index (χ0) is 25.0. The number of nitrogens with zero attached hydrogens (tertiary/aromatic N) is 1. The Labute approximate surface area is 210 Å². The van der Waals surface area contributed by atoms with E-state index in [1.54, 1.807) is 12.1 Å². The van der Waals surface area contributed by atoms with Gasteiger partial charge in [-0.15, -0.1) is 0 Å². The highest BCUT2D eigenvalue weighted by Gasteiger charge is 2.22. The molecule has 8 heteroatoms. The van der Waals surface area contributed by atoms with Crippen LogP contribution >= 0.6 is 0 Å². The first-order valence-corrected chi connectivity index (χ1v) is 13.5. The summed E-state index contributed by atoms with van der Waals surface area (Å²) in [7, 11) is -3.35. The summed E-state index contributed by atoms with van der Waals surface area (Å²) in [6.45, 7) is 0.521. The normalized spacial score (nSPS) is 14.9. The minimum absolute atomic E-state index is 0.0545. The van der Waals surface area contributed by atoms with Crippen molar-refractivity contribution in [3.05, 3.63) is 108 Å². The van der Waals surface area contributed by atoms with Crippen LogP contribution in [-0.2, 0) is 23.1 Å². The van der Waals surface area contributed by atoms with Gasteiger partial charge in [0.25, 0.3) is 0 Å². The molecule has 0 saturated heterocycles. The van der Waals surface area contributed by atoms with Crippen LogP contribution in [0.2, 0.25) is 0 Å². The first-order chi connectivity index (χ1) is 17.4. The molecule has 1 N–H and O–H groups in total. The van der Waals surface area contributed by atoms with Gasteiger partial charge >= 0.3 is 0 Å². The van der Waals surface area contributed by atoms with Crippen LogP contribution in [-0.4, -0.2) is 19.7 Å². The van der Waals surface area contributed by atoms with Crippen molar-refractivity contribution in [3.63, 3.8) is 0 Å². The van der Waals surface area contributed by atoms with Gasteiger partial charge in [0.05, 0.1) is 18.1 Å². The molecule has 0 aliphatic carbocycles. The maximum Gasteiger partial charge on any atom is 0.229 e. The molecule has 1 aliphatic rings. The summed E-state index contributed by atoms with van der Waals surface area (Å²) in [4.78, 5) is 4.17. The number of aryl methyl sites for hydroxylation is 1. The molecule has 0 bridgehead atoms. The zero-order valence-electron chi connectivity index (χ0n) is 19.8. The van der Waals surface area contributed by atoms with Crippen molar-refractivity contribution in [2.24, 2.45) is 0 Å². The van der Waals surface area contributed by atoms with Crippen LogP contribution in [0, 0.1) is 0 Å². The Morgan fingerprint density at radius 3 is 2.61 bits per heavy atom. The standard InChI is InChI=1S/C28H26N2O5S/c1-36(31,32)30-23-11-15-28(29-18-23)34-25-12-14-27-22(17-25)10-13-26(35-27)21-8-5-9-24(16-21)33-19-20-6-3-2-4-7-20/h2-9,11-12,14-18,26,30H,10,13,19H2,1H3. The number of hydrogen-bond donors (Lipinski definition) is 1. The van der Waals surface area contributed by atoms with Crippen LogP contribution in [0.25, 0.3) is 0 Å². The third-order valence-corrected chi connectivity index (χ3v) is 6.32. The third kappa shape index (κ3) is 6.14. The van der Waals surface area contributed by atoms with E-state index in [2.05, 4.69) is 15.8 Å². The number of ether oxygens (including phenoxy) is 3. The number of hydrogen-bond acceptors (Lipinski definition) is 6. The predicted molar refractivity (Wildman–Crippen MR) is 138 cm³/mol. The van der Waals surface area contributed by atoms with Crippen molar-refractivity contribution in [1.29, 1.82) is 0 Å². The second kappa shape index (κ2) is 10.3. The van der Waals surface area contributed by atoms with Gasteiger partial charge in [-0.05, 0) is 65.9 Å². The molecule has 0 radical (unpaired) electrons. The van der Waals surface area contributed by atoms with Crippen LogP contribution in [0.3, 0.4) is 0 Å². The highest BCUT2D eigenvalue weighted by molar-refractivity contribution is 7.92. The molecule has 3 aromatic carbocycles. The Hall–Kier alpha value is -4.04. The average Bonchev–Trinajstić information content (AvgIpc) is 2.88. The topological polar surface area (TPSA) is 86.8 Å². The number of benzene rings is 3. The summed E-state index contributed by atoms with van der Waals surface area (Å²) >= 11 is 0. The van der Waals surface area contributed by atoms with Gasteiger partial charge in [0.15, 0.2) is 0 Å². The third-order valence-electron chi connectivity index (χ3n) is 5.72. The fourth-order valence-corrected chi connectivity index (χ4v) is 4.59. The predicted octanol–water partition coefficient (Wildman–Crippen LogP) is 5.89. The maximum atomic E-state index is 11.3. The average molecular weight is 503 g/mol. The van der Waals surface area contributed by atoms with Crippen molar-refractivity contribution in [2.75, 3.05) is 11.0 Å². The van der Waals surface area contributed by atoms with E-state index in [4.69, 9.17) is 14.2 Å². The molecule has 4 aromatic rings. The Morgan fingerprint density at radius 1 is 0.972 bits per heavy atom. The van der Waals surface area contributed by atoms with Crippen LogP contribution in [0.5, 0.6) is 23.1 Å². The van der Waals surface area contributed by atoms with Crippen LogP contribution in [0.4, 0.5) is 5.69 Å². The van der Waals surface area contributed by atoms with Crippen LogP contribution < -0.4 is 18.9 Å². The lowest BCUT2D eigenvalue weighted by molar-refractivity contribution is 0.175. The van der Waals surface area contributed by atoms with E-state index >= 15 is 0 Å². The van der Waals surface area contributed by atoms with E-state index in [9.17, 15) is 8.42 Å². The molecule has 184 valence electrons. The molecule has 1 atom stereocenters. The van der Waals surface area contributed by atoms with Crippen molar-refractivity contribution >= 4 is 15.7 Å². The fraction of sp³-hybridized carbons (Fsp3) is 0.179. The molecule has 2 heterocycles. The summed E-state index contributed by atoms with van der Waals surface area (Å²) in [5.41, 5.74) is 3.65. The molecule has 0 amide bonds. The van der Waals surface area contributed by atoms with Crippen LogP contribution in [0.1, 0.15) is 29.2 Å². The molecular formula is C28H26N2O5S. The molecule has 1 aliphatic heterocycles. The quantitative estimate of drug-likeness (QED) is 0.323. The second-order valence-electron chi connectivity index (χ2n) is 8.62. The maximum absolute atomic E-state index is 11.3. The lowest BCUT2D eigenvalue weighted by Gasteiger charge is -2.27. The van der Waals surface area contributed by atoms with E-state index in [0.717, 1.165) is 47.3 Å². The first-order valence-electron chi connectivity index (χ1n) is 11.6. The van der Waals surface area contributed by atoms with E-state index in [-0.39, 0.29) is 6.10 Å². The molecule has 36 heavy (non-hydrogen) atoms. The summed E-state index contributed by atoms with van der Waals surface area (Å²) in [5.74, 6) is 2.66. The Kier molecular flexibility index (Phi) is 6.77. The van der Waals surface area contributed by atoms with E-state index < -0.39 is 10.0 Å². The molecule has 0 spiro atoms. The van der Waals surface area contributed by atoms with E-state index in [1.165, 1.54) is 6.20 Å². The van der Waals surface area contributed by atoms with Gasteiger partial charge in [-0.2, -0.15) is 0 Å². The molecule has 5 rings (SSSR count). The summed E-state index contributed by atoms with van der Waals surface area (Å²) in [6, 6.07) is 27.1. The largest absolute Gasteiger partial charge is 0.489 e. The number of pyridine rings is 1. The second-order valence-corrected chi connectivity index (χ2v) is 10.4. The minimum atomic E-state index is -3.35. The van der Waals surface area contributed by atoms with Gasteiger partial charge in [0.1, 0.15) is 30.0 Å². The van der Waals surface area contributed by atoms with Gasteiger partial charge in [0, 0.05) is 6.07 Å². The molecular weight excluding hydrogens is 476 g/mol. The number of nitrogens with one attached hydrogen (secondary N) is 1. The lowest BCUT2D eigenvalue weighted by atomic mass is 9.97. The van der Waals surface area contributed by atoms with E-state index in [0.29, 0.717) is 23.9 Å². The van der Waals surface area contributed by atoms with Crippen molar-refractivity contribution < 1.29 is 22.6 Å². The number of aromatic nitrogens is 1. The number of rotatable bonds is 8. The monoisotopic (exact) mass is 502 g/mol. The highest BCUT2D eigenvalue weighted by atomic mass is 32.2. The summed E-state index contributed by atoms with van der Waals surface area (Å²) in [6.07, 6.45) is 4.13. The highest BCUT2D eigenvalue weighted by Crippen LogP contribution is 2.38.